The van der Waals surface area contributed by atoms with Gasteiger partial charge >= 0.3 is 6.03 Å². The molecule has 36 heavy (non-hydrogen) atoms. The number of rotatable bonds is 3. The summed E-state index contributed by atoms with van der Waals surface area (Å²) in [6, 6.07) is 13.9. The molecule has 0 bridgehead atoms. The number of anilines is 2. The molecular formula is C26H24N6O4. The summed E-state index contributed by atoms with van der Waals surface area (Å²) in [5, 5.41) is 9.65. The van der Waals surface area contributed by atoms with E-state index in [1.807, 2.05) is 41.2 Å². The Labute approximate surface area is 206 Å². The van der Waals surface area contributed by atoms with Crippen LogP contribution >= 0.6 is 0 Å². The number of hydrogen-bond acceptors (Lipinski definition) is 5. The fourth-order valence-corrected chi connectivity index (χ4v) is 5.28. The van der Waals surface area contributed by atoms with Crippen LogP contribution < -0.4 is 15.5 Å². The van der Waals surface area contributed by atoms with Gasteiger partial charge in [0.2, 0.25) is 11.8 Å². The van der Waals surface area contributed by atoms with Crippen LogP contribution in [0.1, 0.15) is 40.4 Å². The number of nitrogens with zero attached hydrogens (tertiary/aromatic N) is 4. The molecule has 3 aliphatic rings. The number of piperidine rings is 1. The molecule has 0 saturated carbocycles. The number of carbonyl (C=O) groups is 4. The van der Waals surface area contributed by atoms with Crippen LogP contribution in [0.2, 0.25) is 0 Å². The highest BCUT2D eigenvalue weighted by atomic mass is 16.2. The Balaban J connectivity index is 1.21. The van der Waals surface area contributed by atoms with Gasteiger partial charge in [0, 0.05) is 42.3 Å². The van der Waals surface area contributed by atoms with E-state index in [2.05, 4.69) is 15.7 Å². The van der Waals surface area contributed by atoms with Crippen molar-refractivity contribution >= 4 is 35.1 Å². The largest absolute Gasteiger partial charge is 0.326 e. The highest BCUT2D eigenvalue weighted by molar-refractivity contribution is 6.06. The van der Waals surface area contributed by atoms with E-state index in [-0.39, 0.29) is 36.9 Å². The molecule has 0 aliphatic carbocycles. The molecule has 10 nitrogen and oxygen atoms in total. The Morgan fingerprint density at radius 2 is 1.92 bits per heavy atom. The van der Waals surface area contributed by atoms with Gasteiger partial charge in [-0.05, 0) is 54.3 Å². The van der Waals surface area contributed by atoms with Crippen molar-refractivity contribution in [1.82, 2.24) is 20.0 Å². The smallest absolute Gasteiger partial charge is 0.322 e. The van der Waals surface area contributed by atoms with Crippen molar-refractivity contribution in [3.63, 3.8) is 0 Å². The Hall–Kier alpha value is -4.47. The van der Waals surface area contributed by atoms with Crippen molar-refractivity contribution in [2.75, 3.05) is 16.8 Å². The van der Waals surface area contributed by atoms with Crippen molar-refractivity contribution in [3.8, 4) is 0 Å². The Morgan fingerprint density at radius 1 is 1.06 bits per heavy atom. The second kappa shape index (κ2) is 8.63. The third-order valence-corrected chi connectivity index (χ3v) is 7.05. The van der Waals surface area contributed by atoms with Gasteiger partial charge in [-0.1, -0.05) is 18.2 Å². The highest BCUT2D eigenvalue weighted by Crippen LogP contribution is 2.33. The van der Waals surface area contributed by atoms with E-state index >= 15 is 0 Å². The Kier molecular flexibility index (Phi) is 5.28. The van der Waals surface area contributed by atoms with Gasteiger partial charge in [0.05, 0.1) is 12.6 Å². The number of imide groups is 1. The number of para-hydroxylation sites is 1. The van der Waals surface area contributed by atoms with E-state index in [1.165, 1.54) is 4.90 Å². The average molecular weight is 485 g/mol. The number of carbonyl (C=O) groups excluding carboxylic acids is 4. The lowest BCUT2D eigenvalue weighted by molar-refractivity contribution is -0.136. The quantitative estimate of drug-likeness (QED) is 0.554. The molecular weight excluding hydrogens is 460 g/mol. The molecule has 5 amide bonds. The maximum atomic E-state index is 13.4. The van der Waals surface area contributed by atoms with Crippen LogP contribution in [0.4, 0.5) is 16.2 Å². The monoisotopic (exact) mass is 484 g/mol. The topological polar surface area (TPSA) is 117 Å². The summed E-state index contributed by atoms with van der Waals surface area (Å²) in [6.45, 7) is 0.718. The van der Waals surface area contributed by atoms with E-state index in [4.69, 9.17) is 0 Å². The van der Waals surface area contributed by atoms with Gasteiger partial charge in [-0.3, -0.25) is 29.3 Å². The average Bonchev–Trinajstić information content (AvgIpc) is 3.52. The van der Waals surface area contributed by atoms with Crippen molar-refractivity contribution in [1.29, 1.82) is 0 Å². The summed E-state index contributed by atoms with van der Waals surface area (Å²) >= 11 is 0. The molecule has 4 heterocycles. The van der Waals surface area contributed by atoms with Gasteiger partial charge < -0.3 is 10.2 Å². The maximum absolute atomic E-state index is 13.4. The molecule has 3 aliphatic heterocycles. The number of fused-ring (bicyclic) bond motifs is 2. The van der Waals surface area contributed by atoms with Gasteiger partial charge in [0.25, 0.3) is 5.91 Å². The van der Waals surface area contributed by atoms with Crippen LogP contribution in [0.15, 0.2) is 60.9 Å². The summed E-state index contributed by atoms with van der Waals surface area (Å²) in [7, 11) is 0. The van der Waals surface area contributed by atoms with E-state index < -0.39 is 11.9 Å². The molecule has 6 rings (SSSR count). The minimum absolute atomic E-state index is 0.0142. The molecule has 3 aromatic rings. The van der Waals surface area contributed by atoms with Crippen LogP contribution in [0.3, 0.4) is 0 Å². The second-order valence-electron chi connectivity index (χ2n) is 9.29. The lowest BCUT2D eigenvalue weighted by Gasteiger charge is -2.34. The van der Waals surface area contributed by atoms with Crippen LogP contribution in [0, 0.1) is 0 Å². The number of hydrogen-bond donors (Lipinski definition) is 2. The number of urea groups is 1. The summed E-state index contributed by atoms with van der Waals surface area (Å²) in [5.41, 5.74) is 3.73. The van der Waals surface area contributed by atoms with Gasteiger partial charge in [0.1, 0.15) is 6.04 Å². The minimum atomic E-state index is -0.676. The molecule has 2 N–H and O–H groups in total. The van der Waals surface area contributed by atoms with Crippen LogP contribution in [0.5, 0.6) is 0 Å². The minimum Gasteiger partial charge on any atom is -0.322 e. The first-order chi connectivity index (χ1) is 17.5. The number of amides is 5. The first-order valence-electron chi connectivity index (χ1n) is 11.9. The molecule has 0 radical (unpaired) electrons. The number of aromatic nitrogens is 2. The van der Waals surface area contributed by atoms with Crippen LogP contribution in [0.25, 0.3) is 0 Å². The molecule has 2 unspecified atom stereocenters. The van der Waals surface area contributed by atoms with Crippen LogP contribution in [-0.4, -0.2) is 51.0 Å². The van der Waals surface area contributed by atoms with Crippen molar-refractivity contribution in [2.45, 2.75) is 37.9 Å². The van der Waals surface area contributed by atoms with Gasteiger partial charge in [-0.25, -0.2) is 4.79 Å². The lowest BCUT2D eigenvalue weighted by atomic mass is 9.98. The normalized spacial score (nSPS) is 21.2. The third kappa shape index (κ3) is 3.80. The highest BCUT2D eigenvalue weighted by Gasteiger charge is 2.39. The molecule has 10 heteroatoms. The Bertz CT molecular complexity index is 1380. The van der Waals surface area contributed by atoms with Gasteiger partial charge in [0.15, 0.2) is 0 Å². The van der Waals surface area contributed by atoms with E-state index in [9.17, 15) is 19.2 Å². The predicted molar refractivity (Wildman–Crippen MR) is 130 cm³/mol. The lowest BCUT2D eigenvalue weighted by Crippen LogP contribution is -2.52. The Morgan fingerprint density at radius 3 is 2.72 bits per heavy atom. The molecule has 1 fully saturated rings. The van der Waals surface area contributed by atoms with Crippen molar-refractivity contribution in [2.24, 2.45) is 0 Å². The fourth-order valence-electron chi connectivity index (χ4n) is 5.28. The number of benzene rings is 2. The number of nitrogens with one attached hydrogen (secondary N) is 2. The molecule has 2 atom stereocenters. The zero-order chi connectivity index (χ0) is 24.8. The molecule has 2 aromatic carbocycles. The molecule has 1 aromatic heterocycles. The first-order valence-corrected chi connectivity index (χ1v) is 11.9. The standard InChI is InChI=1S/C26H24N6O4/c33-23-9-8-22(24(34)29-23)30-14-17-12-18(6-7-20(17)25(30)35)28-26(36)31-15-19(32-11-3-10-27-32)13-16-4-1-2-5-21(16)31/h1-7,10-12,19,22H,8-9,13-15H2,(H,28,36)(H,29,33,34). The van der Waals surface area contributed by atoms with Crippen molar-refractivity contribution < 1.29 is 19.2 Å². The molecule has 182 valence electrons. The third-order valence-electron chi connectivity index (χ3n) is 7.05. The SMILES string of the molecule is O=C1CCC(N2Cc3cc(NC(=O)N4CC(n5cccn5)Cc5ccccc54)ccc3C2=O)C(=O)N1. The van der Waals surface area contributed by atoms with Crippen molar-refractivity contribution in [3.05, 3.63) is 77.6 Å². The molecule has 1 saturated heterocycles. The second-order valence-corrected chi connectivity index (χ2v) is 9.29. The maximum Gasteiger partial charge on any atom is 0.326 e. The van der Waals surface area contributed by atoms with E-state index in [0.29, 0.717) is 24.2 Å². The van der Waals surface area contributed by atoms with Gasteiger partial charge in [-0.2, -0.15) is 5.10 Å². The summed E-state index contributed by atoms with van der Waals surface area (Å²) in [6.07, 6.45) is 4.92. The summed E-state index contributed by atoms with van der Waals surface area (Å²) in [4.78, 5) is 53.4. The molecule has 0 spiro atoms. The summed E-state index contributed by atoms with van der Waals surface area (Å²) < 4.78 is 1.88. The van der Waals surface area contributed by atoms with E-state index in [0.717, 1.165) is 23.2 Å². The van der Waals surface area contributed by atoms with E-state index in [1.54, 1.807) is 29.3 Å². The van der Waals surface area contributed by atoms with Crippen LogP contribution in [-0.2, 0) is 22.6 Å². The predicted octanol–water partition coefficient (Wildman–Crippen LogP) is 2.48. The zero-order valence-electron chi connectivity index (χ0n) is 19.4. The fraction of sp³-hybridized carbons (Fsp3) is 0.269. The zero-order valence-corrected chi connectivity index (χ0v) is 19.4. The first kappa shape index (κ1) is 22.0. The summed E-state index contributed by atoms with van der Waals surface area (Å²) in [5.74, 6) is -1.01. The van der Waals surface area contributed by atoms with Gasteiger partial charge in [-0.15, -0.1) is 0 Å².